The van der Waals surface area contributed by atoms with Gasteiger partial charge in [0.15, 0.2) is 0 Å². The molecule has 0 bridgehead atoms. The van der Waals surface area contributed by atoms with Gasteiger partial charge < -0.3 is 56.4 Å². The molecule has 0 aliphatic carbocycles. The molecule has 0 unspecified atom stereocenters. The monoisotopic (exact) mass is 1050 g/mol. The van der Waals surface area contributed by atoms with Gasteiger partial charge in [0.05, 0.1) is 37.2 Å². The number of nitrogens with one attached hydrogen (secondary N) is 3. The Hall–Kier alpha value is -6.05. The fourth-order valence-corrected chi connectivity index (χ4v) is 9.60. The van der Waals surface area contributed by atoms with Gasteiger partial charge in [0.25, 0.3) is 0 Å². The van der Waals surface area contributed by atoms with E-state index in [0.29, 0.717) is 51.7 Å². The Bertz CT molecular complexity index is 2520. The number of nitrogens with zero attached hydrogens (tertiary/aromatic N) is 3. The SMILES string of the molecule is C.CNCc1ccc(NC(N)=O)cc1.COc1cc(C)c(S(=O)(=O)N(C)CCOCC(=O)N(C)Cc2ccc(NC(N)=O)cc2)c(C)c1.COc1cc(C)c(S(=O)(=O)N(C)CCOCC(=O)O)c(C)c1.Cl. The molecule has 8 N–H and O–H groups in total. The Labute approximate surface area is 424 Å². The van der Waals surface area contributed by atoms with Gasteiger partial charge in [-0.3, -0.25) is 4.79 Å². The molecule has 0 spiro atoms. The highest BCUT2D eigenvalue weighted by Crippen LogP contribution is 2.29. The summed E-state index contributed by atoms with van der Waals surface area (Å²) in [6.45, 7) is 7.65. The lowest BCUT2D eigenvalue weighted by molar-refractivity contribution is -0.142. The van der Waals surface area contributed by atoms with Crippen LogP contribution in [-0.2, 0) is 52.2 Å². The number of sulfonamides is 2. The van der Waals surface area contributed by atoms with Crippen molar-refractivity contribution in [3.8, 4) is 11.5 Å². The third-order valence-corrected chi connectivity index (χ3v) is 14.2. The third-order valence-electron chi connectivity index (χ3n) is 9.90. The number of aryl methyl sites for hydroxylation is 4. The van der Waals surface area contributed by atoms with E-state index in [2.05, 4.69) is 16.0 Å². The van der Waals surface area contributed by atoms with Crippen molar-refractivity contribution >= 4 is 67.8 Å². The second kappa shape index (κ2) is 31.3. The van der Waals surface area contributed by atoms with Crippen molar-refractivity contribution in [2.45, 2.75) is 58.0 Å². The van der Waals surface area contributed by atoms with Crippen LogP contribution in [0, 0.1) is 27.7 Å². The molecule has 71 heavy (non-hydrogen) atoms. The Morgan fingerprint density at radius 2 is 0.972 bits per heavy atom. The minimum Gasteiger partial charge on any atom is -0.497 e. The van der Waals surface area contributed by atoms with E-state index in [9.17, 15) is 36.0 Å². The van der Waals surface area contributed by atoms with Crippen LogP contribution in [0.1, 0.15) is 40.8 Å². The average Bonchev–Trinajstić information content (AvgIpc) is 3.27. The summed E-state index contributed by atoms with van der Waals surface area (Å²) < 4.78 is 74.3. The number of carbonyl (C=O) groups excluding carboxylic acids is 3. The van der Waals surface area contributed by atoms with Crippen molar-refractivity contribution in [2.24, 2.45) is 11.5 Å². The summed E-state index contributed by atoms with van der Waals surface area (Å²) in [5.41, 5.74) is 15.7. The first kappa shape index (κ1) is 65.0. The van der Waals surface area contributed by atoms with Gasteiger partial charge in [-0.25, -0.2) is 31.2 Å². The van der Waals surface area contributed by atoms with E-state index in [4.69, 9.17) is 35.5 Å². The van der Waals surface area contributed by atoms with Crippen molar-refractivity contribution < 1.29 is 60.1 Å². The standard InChI is InChI=1S/C23H32N4O6S.C14H21NO6S.C9H13N3O.CH4.ClH/c1-16-12-20(32-5)13-17(2)22(16)34(30,31)27(4)10-11-33-15-21(28)26(3)14-18-6-8-19(9-7-18)25-23(24)29;1-10-7-12(20-4)8-11(2)14(10)22(18,19)15(3)5-6-21-9-13(16)17;1-11-6-7-2-4-8(5-3-7)12-9(10)13;;/h6-9,12-13H,10-11,14-15H2,1-5H3,(H3,24,25,29);7-8H,5-6,9H2,1-4H3,(H,16,17);2-5,11H,6H2,1H3,(H3,10,12,13);1H4;1H. The average molecular weight is 1060 g/mol. The molecule has 0 fully saturated rings. The molecule has 0 atom stereocenters. The fourth-order valence-electron chi connectivity index (χ4n) is 6.49. The van der Waals surface area contributed by atoms with Crippen LogP contribution in [0.2, 0.25) is 0 Å². The number of anilines is 2. The molecular weight excluding hydrogens is 984 g/mol. The highest BCUT2D eigenvalue weighted by Gasteiger charge is 2.27. The van der Waals surface area contributed by atoms with Gasteiger partial charge in [0, 0.05) is 58.7 Å². The molecule has 396 valence electrons. The molecule has 0 radical (unpaired) electrons. The number of ether oxygens (including phenoxy) is 4. The van der Waals surface area contributed by atoms with E-state index < -0.39 is 44.7 Å². The molecule has 0 aromatic heterocycles. The molecule has 0 heterocycles. The number of carboxylic acid groups (broad SMARTS) is 1. The summed E-state index contributed by atoms with van der Waals surface area (Å²) in [7, 11) is 2.09. The number of carboxylic acids is 1. The van der Waals surface area contributed by atoms with Crippen molar-refractivity contribution in [2.75, 3.05) is 92.6 Å². The highest BCUT2D eigenvalue weighted by atomic mass is 35.5. The van der Waals surface area contributed by atoms with Crippen LogP contribution in [0.15, 0.2) is 82.6 Å². The molecule has 0 saturated heterocycles. The Kier molecular flexibility index (Phi) is 28.7. The minimum atomic E-state index is -3.73. The summed E-state index contributed by atoms with van der Waals surface area (Å²) >= 11 is 0. The number of hydrogen-bond donors (Lipinski definition) is 6. The van der Waals surface area contributed by atoms with E-state index in [-0.39, 0.29) is 68.4 Å². The maximum absolute atomic E-state index is 13.0. The number of hydrogen-bond acceptors (Lipinski definition) is 13. The van der Waals surface area contributed by atoms with Crippen LogP contribution < -0.4 is 36.9 Å². The number of halogens is 1. The van der Waals surface area contributed by atoms with Crippen LogP contribution >= 0.6 is 12.4 Å². The zero-order valence-electron chi connectivity index (χ0n) is 41.2. The van der Waals surface area contributed by atoms with Crippen LogP contribution in [-0.4, -0.2) is 141 Å². The van der Waals surface area contributed by atoms with Crippen LogP contribution in [0.3, 0.4) is 0 Å². The zero-order chi connectivity index (χ0) is 52.1. The molecule has 24 heteroatoms. The number of primary amides is 2. The number of aliphatic carboxylic acids is 1. The predicted octanol–water partition coefficient (Wildman–Crippen LogP) is 5.09. The molecule has 21 nitrogen and oxygen atoms in total. The number of likely N-dealkylation sites (N-methyl/N-ethyl adjacent to an activating group) is 3. The second-order valence-corrected chi connectivity index (χ2v) is 19.4. The quantitative estimate of drug-likeness (QED) is 0.0560. The first-order valence-electron chi connectivity index (χ1n) is 21.2. The van der Waals surface area contributed by atoms with Crippen molar-refractivity contribution in [1.82, 2.24) is 18.8 Å². The van der Waals surface area contributed by atoms with E-state index in [1.54, 1.807) is 83.3 Å². The molecule has 4 rings (SSSR count). The second-order valence-electron chi connectivity index (χ2n) is 15.5. The first-order chi connectivity index (χ1) is 32.4. The van der Waals surface area contributed by atoms with Crippen molar-refractivity contribution in [1.29, 1.82) is 0 Å². The Morgan fingerprint density at radius 3 is 1.30 bits per heavy atom. The lowest BCUT2D eigenvalue weighted by atomic mass is 10.1. The summed E-state index contributed by atoms with van der Waals surface area (Å²) in [4.78, 5) is 46.0. The lowest BCUT2D eigenvalue weighted by Gasteiger charge is -2.21. The van der Waals surface area contributed by atoms with Gasteiger partial charge in [-0.1, -0.05) is 31.7 Å². The molecular formula is C47H71ClN8O13S2. The summed E-state index contributed by atoms with van der Waals surface area (Å²) in [6.07, 6.45) is 0. The Balaban J connectivity index is 0.00000113. The number of nitrogens with two attached hydrogens (primary N) is 2. The smallest absolute Gasteiger partial charge is 0.329 e. The molecule has 5 amide bonds. The first-order valence-corrected chi connectivity index (χ1v) is 24.1. The predicted molar refractivity (Wildman–Crippen MR) is 276 cm³/mol. The number of benzene rings is 4. The number of carbonyl (C=O) groups is 4. The molecule has 0 aliphatic heterocycles. The highest BCUT2D eigenvalue weighted by molar-refractivity contribution is 7.89. The van der Waals surface area contributed by atoms with E-state index >= 15 is 0 Å². The molecule has 0 aliphatic rings. The van der Waals surface area contributed by atoms with Crippen LogP contribution in [0.5, 0.6) is 11.5 Å². The van der Waals surface area contributed by atoms with Gasteiger partial charge >= 0.3 is 18.0 Å². The molecule has 4 aromatic carbocycles. The van der Waals surface area contributed by atoms with E-state index in [1.165, 1.54) is 37.5 Å². The topological polar surface area (TPSA) is 292 Å². The van der Waals surface area contributed by atoms with Gasteiger partial charge in [0.2, 0.25) is 26.0 Å². The number of methoxy groups -OCH3 is 2. The van der Waals surface area contributed by atoms with Crippen molar-refractivity contribution in [3.05, 3.63) is 106 Å². The van der Waals surface area contributed by atoms with Crippen LogP contribution in [0.4, 0.5) is 21.0 Å². The lowest BCUT2D eigenvalue weighted by Crippen LogP contribution is -2.33. The largest absolute Gasteiger partial charge is 0.497 e. The summed E-state index contributed by atoms with van der Waals surface area (Å²) in [6, 6.07) is 19.9. The maximum Gasteiger partial charge on any atom is 0.329 e. The van der Waals surface area contributed by atoms with Crippen molar-refractivity contribution in [3.63, 3.8) is 0 Å². The molecule has 4 aromatic rings. The van der Waals surface area contributed by atoms with Gasteiger partial charge in [-0.15, -0.1) is 12.4 Å². The number of urea groups is 2. The Morgan fingerprint density at radius 1 is 0.620 bits per heavy atom. The van der Waals surface area contributed by atoms with E-state index in [1.807, 2.05) is 31.3 Å². The number of rotatable bonds is 22. The van der Waals surface area contributed by atoms with Gasteiger partial charge in [-0.05, 0) is 117 Å². The molecule has 0 saturated carbocycles. The van der Waals surface area contributed by atoms with Crippen LogP contribution in [0.25, 0.3) is 0 Å². The maximum atomic E-state index is 13.0. The number of amides is 5. The van der Waals surface area contributed by atoms with E-state index in [0.717, 1.165) is 22.0 Å². The summed E-state index contributed by atoms with van der Waals surface area (Å²) in [5.74, 6) is -0.138. The third kappa shape index (κ3) is 21.5. The van der Waals surface area contributed by atoms with Gasteiger partial charge in [-0.2, -0.15) is 8.61 Å². The zero-order valence-corrected chi connectivity index (χ0v) is 43.6. The normalized spacial score (nSPS) is 10.8. The van der Waals surface area contributed by atoms with Gasteiger partial charge in [0.1, 0.15) is 24.7 Å². The minimum absolute atomic E-state index is 0. The summed E-state index contributed by atoms with van der Waals surface area (Å²) in [5, 5.41) is 16.5. The fraction of sp³-hybridized carbons (Fsp3) is 0.404.